The summed E-state index contributed by atoms with van der Waals surface area (Å²) in [6.45, 7) is 1.75. The van der Waals surface area contributed by atoms with Crippen molar-refractivity contribution in [3.63, 3.8) is 0 Å². The third kappa shape index (κ3) is 2.88. The van der Waals surface area contributed by atoms with Crippen LogP contribution in [0.15, 0.2) is 23.1 Å². The van der Waals surface area contributed by atoms with Crippen molar-refractivity contribution in [2.24, 2.45) is 5.92 Å². The summed E-state index contributed by atoms with van der Waals surface area (Å²) in [5, 5.41) is 20.1. The average molecular weight is 314 g/mol. The van der Waals surface area contributed by atoms with Gasteiger partial charge in [-0.2, -0.15) is 4.31 Å². The predicted molar refractivity (Wildman–Crippen MR) is 72.3 cm³/mol. The third-order valence-corrected chi connectivity index (χ3v) is 5.28. The van der Waals surface area contributed by atoms with E-state index in [9.17, 15) is 28.4 Å². The number of nitro groups is 1. The molecule has 1 heterocycles. The van der Waals surface area contributed by atoms with Crippen molar-refractivity contribution in [3.8, 4) is 5.75 Å². The first-order valence-corrected chi connectivity index (χ1v) is 7.67. The van der Waals surface area contributed by atoms with Gasteiger partial charge in [0.15, 0.2) is 5.75 Å². The normalized spacial score (nSPS) is 20.4. The Kier molecular flexibility index (Phi) is 3.97. The van der Waals surface area contributed by atoms with E-state index >= 15 is 0 Å². The number of carbonyl (C=O) groups is 1. The van der Waals surface area contributed by atoms with Crippen LogP contribution in [0.5, 0.6) is 5.75 Å². The fraction of sp³-hybridized carbons (Fsp3) is 0.417. The van der Waals surface area contributed by atoms with E-state index in [-0.39, 0.29) is 30.2 Å². The first-order chi connectivity index (χ1) is 9.73. The van der Waals surface area contributed by atoms with Crippen LogP contribution in [0.2, 0.25) is 0 Å². The summed E-state index contributed by atoms with van der Waals surface area (Å²) in [5.41, 5.74) is -0.669. The molecule has 0 radical (unpaired) electrons. The highest BCUT2D eigenvalue weighted by molar-refractivity contribution is 7.89. The molecule has 1 fully saturated rings. The Hall–Kier alpha value is -2.00. The number of ketones is 1. The molecule has 2 rings (SSSR count). The maximum Gasteiger partial charge on any atom is 0.312 e. The summed E-state index contributed by atoms with van der Waals surface area (Å²) in [5.74, 6) is -1.00. The second-order valence-electron chi connectivity index (χ2n) is 4.89. The summed E-state index contributed by atoms with van der Waals surface area (Å²) in [4.78, 5) is 21.1. The molecule has 1 aliphatic rings. The summed E-state index contributed by atoms with van der Waals surface area (Å²) in [6, 6.07) is 2.91. The van der Waals surface area contributed by atoms with Gasteiger partial charge in [0.25, 0.3) is 0 Å². The van der Waals surface area contributed by atoms with Crippen molar-refractivity contribution >= 4 is 21.5 Å². The van der Waals surface area contributed by atoms with Crippen molar-refractivity contribution in [1.29, 1.82) is 0 Å². The van der Waals surface area contributed by atoms with Crippen molar-refractivity contribution in [2.75, 3.05) is 13.1 Å². The second kappa shape index (κ2) is 5.41. The first kappa shape index (κ1) is 15.4. The monoisotopic (exact) mass is 314 g/mol. The lowest BCUT2D eigenvalue weighted by atomic mass is 10.0. The molecule has 0 bridgehead atoms. The molecule has 1 saturated heterocycles. The zero-order valence-corrected chi connectivity index (χ0v) is 12.0. The van der Waals surface area contributed by atoms with Crippen LogP contribution < -0.4 is 0 Å². The Balaban J connectivity index is 2.38. The predicted octanol–water partition coefficient (Wildman–Crippen LogP) is 0.900. The van der Waals surface area contributed by atoms with E-state index in [1.807, 2.05) is 0 Å². The quantitative estimate of drug-likeness (QED) is 0.654. The van der Waals surface area contributed by atoms with Crippen molar-refractivity contribution < 1.29 is 23.2 Å². The van der Waals surface area contributed by atoms with Crippen molar-refractivity contribution in [1.82, 2.24) is 4.31 Å². The Bertz CT molecular complexity index is 700. The number of phenols is 1. The van der Waals surface area contributed by atoms with E-state index in [4.69, 9.17) is 0 Å². The number of phenolic OH excluding ortho intramolecular Hbond substituents is 1. The van der Waals surface area contributed by atoms with E-state index in [0.717, 1.165) is 22.5 Å². The van der Waals surface area contributed by atoms with Crippen molar-refractivity contribution in [3.05, 3.63) is 28.3 Å². The Morgan fingerprint density at radius 1 is 1.43 bits per heavy atom. The molecule has 1 aromatic carbocycles. The highest BCUT2D eigenvalue weighted by Crippen LogP contribution is 2.30. The summed E-state index contributed by atoms with van der Waals surface area (Å²) in [7, 11) is -3.93. The smallest absolute Gasteiger partial charge is 0.312 e. The van der Waals surface area contributed by atoms with Gasteiger partial charge in [-0.05, 0) is 12.1 Å². The van der Waals surface area contributed by atoms with Gasteiger partial charge in [0.1, 0.15) is 5.78 Å². The molecule has 1 atom stereocenters. The highest BCUT2D eigenvalue weighted by atomic mass is 32.2. The van der Waals surface area contributed by atoms with Gasteiger partial charge in [-0.1, -0.05) is 6.92 Å². The lowest BCUT2D eigenvalue weighted by Crippen LogP contribution is -2.43. The molecule has 1 aliphatic heterocycles. The van der Waals surface area contributed by atoms with Crippen LogP contribution in [-0.2, 0) is 14.8 Å². The molecular weight excluding hydrogens is 300 g/mol. The average Bonchev–Trinajstić information content (AvgIpc) is 2.41. The minimum Gasteiger partial charge on any atom is -0.502 e. The largest absolute Gasteiger partial charge is 0.502 e. The van der Waals surface area contributed by atoms with Gasteiger partial charge < -0.3 is 5.11 Å². The van der Waals surface area contributed by atoms with E-state index < -0.39 is 32.3 Å². The maximum atomic E-state index is 12.4. The minimum absolute atomic E-state index is 0.00173. The number of aromatic hydroxyl groups is 1. The van der Waals surface area contributed by atoms with Crippen LogP contribution in [0.3, 0.4) is 0 Å². The van der Waals surface area contributed by atoms with E-state index in [1.165, 1.54) is 0 Å². The number of sulfonamides is 1. The van der Waals surface area contributed by atoms with E-state index in [0.29, 0.717) is 0 Å². The number of piperidine rings is 1. The number of nitro benzene ring substituents is 1. The lowest BCUT2D eigenvalue weighted by molar-refractivity contribution is -0.386. The molecule has 21 heavy (non-hydrogen) atoms. The van der Waals surface area contributed by atoms with Gasteiger partial charge in [-0.15, -0.1) is 0 Å². The fourth-order valence-corrected chi connectivity index (χ4v) is 3.71. The minimum atomic E-state index is -3.93. The Morgan fingerprint density at radius 2 is 2.10 bits per heavy atom. The molecule has 9 heteroatoms. The maximum absolute atomic E-state index is 12.4. The summed E-state index contributed by atoms with van der Waals surface area (Å²) >= 11 is 0. The Morgan fingerprint density at radius 3 is 2.67 bits per heavy atom. The number of nitrogens with zero attached hydrogens (tertiary/aromatic N) is 2. The number of hydrogen-bond donors (Lipinski definition) is 1. The molecule has 0 amide bonds. The zero-order valence-electron chi connectivity index (χ0n) is 11.2. The van der Waals surface area contributed by atoms with E-state index in [1.54, 1.807) is 6.92 Å². The van der Waals surface area contributed by atoms with Crippen LogP contribution in [0.1, 0.15) is 13.3 Å². The van der Waals surface area contributed by atoms with Gasteiger partial charge in [0, 0.05) is 31.5 Å². The first-order valence-electron chi connectivity index (χ1n) is 6.23. The SMILES string of the molecule is CC1CN(S(=O)(=O)c2ccc(O)c([N+](=O)[O-])c2)CCC1=O. The van der Waals surface area contributed by atoms with Gasteiger partial charge in [-0.25, -0.2) is 8.42 Å². The number of rotatable bonds is 3. The standard InChI is InChI=1S/C12H14N2O6S/c1-8-7-13(5-4-11(8)15)21(19,20)9-2-3-12(16)10(6-9)14(17)18/h2-3,6,8,16H,4-5,7H2,1H3. The molecule has 0 spiro atoms. The van der Waals surface area contributed by atoms with Crippen LogP contribution in [0.25, 0.3) is 0 Å². The molecule has 0 saturated carbocycles. The van der Waals surface area contributed by atoms with Crippen LogP contribution >= 0.6 is 0 Å². The number of carbonyl (C=O) groups excluding carboxylic acids is 1. The molecule has 1 N–H and O–H groups in total. The lowest BCUT2D eigenvalue weighted by Gasteiger charge is -2.29. The third-order valence-electron chi connectivity index (χ3n) is 3.42. The van der Waals surface area contributed by atoms with Gasteiger partial charge in [-0.3, -0.25) is 14.9 Å². The fourth-order valence-electron chi connectivity index (χ4n) is 2.16. The Labute approximate surface area is 121 Å². The molecule has 0 aliphatic carbocycles. The van der Waals surface area contributed by atoms with Crippen LogP contribution in [0.4, 0.5) is 5.69 Å². The number of hydrogen-bond acceptors (Lipinski definition) is 6. The molecule has 1 unspecified atom stereocenters. The molecule has 1 aromatic rings. The highest BCUT2D eigenvalue weighted by Gasteiger charge is 2.33. The summed E-state index contributed by atoms with van der Waals surface area (Å²) < 4.78 is 26.0. The summed E-state index contributed by atoms with van der Waals surface area (Å²) in [6.07, 6.45) is 0.126. The van der Waals surface area contributed by atoms with Gasteiger partial charge in [0.05, 0.1) is 9.82 Å². The topological polar surface area (TPSA) is 118 Å². The van der Waals surface area contributed by atoms with E-state index in [2.05, 4.69) is 0 Å². The van der Waals surface area contributed by atoms with Crippen molar-refractivity contribution in [2.45, 2.75) is 18.2 Å². The molecular formula is C12H14N2O6S. The second-order valence-corrected chi connectivity index (χ2v) is 6.83. The molecule has 8 nitrogen and oxygen atoms in total. The van der Waals surface area contributed by atoms with Gasteiger partial charge >= 0.3 is 5.69 Å². The van der Waals surface area contributed by atoms with Gasteiger partial charge in [0.2, 0.25) is 10.0 Å². The molecule has 0 aromatic heterocycles. The van der Waals surface area contributed by atoms with Crippen LogP contribution in [0, 0.1) is 16.0 Å². The number of benzene rings is 1. The zero-order chi connectivity index (χ0) is 15.8. The molecule has 114 valence electrons. The van der Waals surface area contributed by atoms with Crippen LogP contribution in [-0.4, -0.2) is 41.6 Å². The number of Topliss-reactive ketones (excluding diaryl/α,β-unsaturated/α-hetero) is 1.